The first-order valence-corrected chi connectivity index (χ1v) is 5.49. The molecule has 0 unspecified atom stereocenters. The van der Waals surface area contributed by atoms with E-state index in [9.17, 15) is 4.79 Å². The average Bonchev–Trinajstić information content (AvgIpc) is 2.26. The van der Waals surface area contributed by atoms with Crippen molar-refractivity contribution < 1.29 is 9.53 Å². The Morgan fingerprint density at radius 3 is 2.55 bits per heavy atom. The van der Waals surface area contributed by atoms with Gasteiger partial charge in [-0.2, -0.15) is 0 Å². The summed E-state index contributed by atoms with van der Waals surface area (Å²) in [6.07, 6.45) is 1.07. The molecule has 1 fully saturated rings. The molecular weight excluding hydrogens is 255 g/mol. The SMILES string of the molecule is CC[C@@H]1C(=O)O[C@H](CI)[C@@H]1C. The minimum Gasteiger partial charge on any atom is -0.461 e. The molecule has 3 atom stereocenters. The highest BCUT2D eigenvalue weighted by Crippen LogP contribution is 2.31. The predicted molar refractivity (Wildman–Crippen MR) is 51.7 cm³/mol. The van der Waals surface area contributed by atoms with E-state index in [0.717, 1.165) is 10.8 Å². The molecular formula is C8H13IO2. The Labute approximate surface area is 80.8 Å². The lowest BCUT2D eigenvalue weighted by Crippen LogP contribution is -2.18. The average molecular weight is 268 g/mol. The quantitative estimate of drug-likeness (QED) is 0.435. The van der Waals surface area contributed by atoms with E-state index >= 15 is 0 Å². The molecule has 0 bridgehead atoms. The molecule has 0 N–H and O–H groups in total. The van der Waals surface area contributed by atoms with Crippen LogP contribution in [0.25, 0.3) is 0 Å². The van der Waals surface area contributed by atoms with E-state index in [1.807, 2.05) is 6.92 Å². The van der Waals surface area contributed by atoms with Gasteiger partial charge in [-0.25, -0.2) is 0 Å². The summed E-state index contributed by atoms with van der Waals surface area (Å²) < 4.78 is 6.10. The lowest BCUT2D eigenvalue weighted by molar-refractivity contribution is -0.143. The van der Waals surface area contributed by atoms with Crippen LogP contribution >= 0.6 is 22.6 Å². The fourth-order valence-corrected chi connectivity index (χ4v) is 2.51. The zero-order valence-electron chi connectivity index (χ0n) is 6.84. The van der Waals surface area contributed by atoms with E-state index in [0.29, 0.717) is 5.92 Å². The number of hydrogen-bond donors (Lipinski definition) is 0. The minimum absolute atomic E-state index is 0.00154. The van der Waals surface area contributed by atoms with Gasteiger partial charge in [0.15, 0.2) is 0 Å². The summed E-state index contributed by atoms with van der Waals surface area (Å²) in [6.45, 7) is 4.14. The second kappa shape index (κ2) is 3.74. The smallest absolute Gasteiger partial charge is 0.309 e. The van der Waals surface area contributed by atoms with Crippen molar-refractivity contribution in [3.8, 4) is 0 Å². The van der Waals surface area contributed by atoms with Gasteiger partial charge in [-0.05, 0) is 6.42 Å². The number of carbonyl (C=O) groups excluding carboxylic acids is 1. The molecule has 1 aliphatic rings. The normalized spacial score (nSPS) is 37.4. The van der Waals surface area contributed by atoms with E-state index in [-0.39, 0.29) is 18.0 Å². The van der Waals surface area contributed by atoms with Crippen molar-refractivity contribution in [1.82, 2.24) is 0 Å². The molecule has 1 rings (SSSR count). The maximum atomic E-state index is 11.2. The fourth-order valence-electron chi connectivity index (χ4n) is 1.53. The Kier molecular flexibility index (Phi) is 3.16. The molecule has 11 heavy (non-hydrogen) atoms. The van der Waals surface area contributed by atoms with Gasteiger partial charge in [0, 0.05) is 10.3 Å². The molecule has 2 nitrogen and oxygen atoms in total. The van der Waals surface area contributed by atoms with E-state index < -0.39 is 0 Å². The Morgan fingerprint density at radius 2 is 2.27 bits per heavy atom. The molecule has 0 aromatic rings. The summed E-state index contributed by atoms with van der Waals surface area (Å²) in [5, 5.41) is 0. The number of rotatable bonds is 2. The zero-order chi connectivity index (χ0) is 8.43. The van der Waals surface area contributed by atoms with Gasteiger partial charge in [-0.1, -0.05) is 36.4 Å². The van der Waals surface area contributed by atoms with Crippen LogP contribution in [0.15, 0.2) is 0 Å². The number of esters is 1. The third-order valence-electron chi connectivity index (χ3n) is 2.38. The van der Waals surface area contributed by atoms with Gasteiger partial charge in [0.2, 0.25) is 0 Å². The molecule has 0 saturated carbocycles. The first-order chi connectivity index (χ1) is 5.20. The molecule has 64 valence electrons. The van der Waals surface area contributed by atoms with Crippen molar-refractivity contribution >= 4 is 28.6 Å². The number of ether oxygens (including phenoxy) is 1. The summed E-state index contributed by atoms with van der Waals surface area (Å²) in [6, 6.07) is 0. The van der Waals surface area contributed by atoms with Gasteiger partial charge >= 0.3 is 5.97 Å². The van der Waals surface area contributed by atoms with Gasteiger partial charge in [-0.3, -0.25) is 4.79 Å². The Morgan fingerprint density at radius 1 is 1.64 bits per heavy atom. The second-order valence-electron chi connectivity index (χ2n) is 3.00. The molecule has 0 amide bonds. The maximum Gasteiger partial charge on any atom is 0.309 e. The van der Waals surface area contributed by atoms with Crippen LogP contribution in [0.3, 0.4) is 0 Å². The third-order valence-corrected chi connectivity index (χ3v) is 3.25. The van der Waals surface area contributed by atoms with Crippen LogP contribution in [-0.4, -0.2) is 16.5 Å². The monoisotopic (exact) mass is 268 g/mol. The lowest BCUT2D eigenvalue weighted by Gasteiger charge is -2.11. The van der Waals surface area contributed by atoms with Crippen LogP contribution in [0.4, 0.5) is 0 Å². The summed E-state index contributed by atoms with van der Waals surface area (Å²) in [4.78, 5) is 11.2. The van der Waals surface area contributed by atoms with Crippen LogP contribution in [0.2, 0.25) is 0 Å². The summed E-state index contributed by atoms with van der Waals surface area (Å²) >= 11 is 2.26. The number of hydrogen-bond acceptors (Lipinski definition) is 2. The molecule has 0 radical (unpaired) electrons. The Hall–Kier alpha value is 0.200. The van der Waals surface area contributed by atoms with Crippen LogP contribution in [0, 0.1) is 11.8 Å². The summed E-state index contributed by atoms with van der Waals surface area (Å²) in [5.74, 6) is 0.556. The summed E-state index contributed by atoms with van der Waals surface area (Å²) in [7, 11) is 0. The highest BCUT2D eigenvalue weighted by atomic mass is 127. The van der Waals surface area contributed by atoms with Gasteiger partial charge in [0.25, 0.3) is 0 Å². The van der Waals surface area contributed by atoms with Crippen molar-refractivity contribution in [1.29, 1.82) is 0 Å². The number of carbonyl (C=O) groups is 1. The minimum atomic E-state index is 0.00154. The highest BCUT2D eigenvalue weighted by Gasteiger charge is 2.39. The van der Waals surface area contributed by atoms with Gasteiger partial charge < -0.3 is 4.74 Å². The second-order valence-corrected chi connectivity index (χ2v) is 3.88. The fraction of sp³-hybridized carbons (Fsp3) is 0.875. The maximum absolute atomic E-state index is 11.2. The van der Waals surface area contributed by atoms with Crippen LogP contribution < -0.4 is 0 Å². The number of alkyl halides is 1. The number of cyclic esters (lactones) is 1. The van der Waals surface area contributed by atoms with Crippen molar-refractivity contribution in [2.75, 3.05) is 4.43 Å². The van der Waals surface area contributed by atoms with Crippen molar-refractivity contribution in [3.63, 3.8) is 0 Å². The first-order valence-electron chi connectivity index (χ1n) is 3.97. The van der Waals surface area contributed by atoms with E-state index in [4.69, 9.17) is 4.74 Å². The largest absolute Gasteiger partial charge is 0.461 e. The zero-order valence-corrected chi connectivity index (χ0v) is 9.00. The molecule has 0 spiro atoms. The molecule has 0 aliphatic carbocycles. The molecule has 3 heteroatoms. The Balaban J connectivity index is 2.62. The molecule has 1 aliphatic heterocycles. The standard InChI is InChI=1S/C8H13IO2/c1-3-6-5(2)7(4-9)11-8(6)10/h5-7H,3-4H2,1-2H3/t5-,6+,7-/m1/s1. The number of halogens is 1. The van der Waals surface area contributed by atoms with Crippen LogP contribution in [0.1, 0.15) is 20.3 Å². The van der Waals surface area contributed by atoms with Crippen molar-refractivity contribution in [3.05, 3.63) is 0 Å². The van der Waals surface area contributed by atoms with Gasteiger partial charge in [-0.15, -0.1) is 0 Å². The molecule has 1 heterocycles. The van der Waals surface area contributed by atoms with Crippen LogP contribution in [-0.2, 0) is 9.53 Å². The van der Waals surface area contributed by atoms with Crippen LogP contribution in [0.5, 0.6) is 0 Å². The topological polar surface area (TPSA) is 26.3 Å². The van der Waals surface area contributed by atoms with Crippen molar-refractivity contribution in [2.24, 2.45) is 11.8 Å². The lowest BCUT2D eigenvalue weighted by atomic mass is 9.91. The van der Waals surface area contributed by atoms with Crippen molar-refractivity contribution in [2.45, 2.75) is 26.4 Å². The van der Waals surface area contributed by atoms with Gasteiger partial charge in [0.1, 0.15) is 6.10 Å². The van der Waals surface area contributed by atoms with E-state index in [1.54, 1.807) is 0 Å². The van der Waals surface area contributed by atoms with E-state index in [1.165, 1.54) is 0 Å². The predicted octanol–water partition coefficient (Wildman–Crippen LogP) is 2.01. The molecule has 0 aromatic carbocycles. The third kappa shape index (κ3) is 1.68. The molecule has 1 saturated heterocycles. The summed E-state index contributed by atoms with van der Waals surface area (Å²) in [5.41, 5.74) is 0. The van der Waals surface area contributed by atoms with E-state index in [2.05, 4.69) is 29.5 Å². The highest BCUT2D eigenvalue weighted by molar-refractivity contribution is 14.1. The molecule has 0 aromatic heterocycles. The Bertz CT molecular complexity index is 158. The first kappa shape index (κ1) is 9.29. The van der Waals surface area contributed by atoms with Gasteiger partial charge in [0.05, 0.1) is 5.92 Å².